The van der Waals surface area contributed by atoms with Crippen LogP contribution in [0.3, 0.4) is 0 Å². The summed E-state index contributed by atoms with van der Waals surface area (Å²) < 4.78 is 16.5. The van der Waals surface area contributed by atoms with Gasteiger partial charge in [-0.2, -0.15) is 0 Å². The number of para-hydroxylation sites is 1. The van der Waals surface area contributed by atoms with Crippen LogP contribution in [0.5, 0.6) is 23.0 Å². The standard InChI is InChI=1S/C22H19NO5/c1-26-16-11-17(27-2)22(25)20-18(16)21(24)14-9-6-10-15(19(14)23-20)28-12-13-7-4-3-5-8-13/h3-11,25H,12H2,1-2H3,(H,23,24). The minimum absolute atomic E-state index is 0.157. The highest BCUT2D eigenvalue weighted by Crippen LogP contribution is 2.39. The highest BCUT2D eigenvalue weighted by molar-refractivity contribution is 6.01. The number of rotatable bonds is 5. The summed E-state index contributed by atoms with van der Waals surface area (Å²) in [4.78, 5) is 16.3. The third kappa shape index (κ3) is 2.89. The van der Waals surface area contributed by atoms with Crippen LogP contribution in [0.25, 0.3) is 21.8 Å². The highest BCUT2D eigenvalue weighted by atomic mass is 16.5. The molecule has 0 saturated carbocycles. The molecule has 4 aromatic rings. The Labute approximate surface area is 160 Å². The number of aromatic hydroxyl groups is 1. The second-order valence-electron chi connectivity index (χ2n) is 6.29. The van der Waals surface area contributed by atoms with Gasteiger partial charge in [-0.15, -0.1) is 0 Å². The Morgan fingerprint density at radius 3 is 2.36 bits per heavy atom. The van der Waals surface area contributed by atoms with Crippen molar-refractivity contribution in [3.05, 3.63) is 70.4 Å². The number of H-pyrrole nitrogens is 1. The normalized spacial score (nSPS) is 10.9. The van der Waals surface area contributed by atoms with Crippen molar-refractivity contribution in [3.8, 4) is 23.0 Å². The van der Waals surface area contributed by atoms with Gasteiger partial charge in [-0.05, 0) is 17.7 Å². The number of methoxy groups -OCH3 is 2. The molecule has 4 rings (SSSR count). The van der Waals surface area contributed by atoms with Gasteiger partial charge in [0.05, 0.1) is 30.5 Å². The quantitative estimate of drug-likeness (QED) is 0.514. The Kier molecular flexibility index (Phi) is 4.53. The van der Waals surface area contributed by atoms with Gasteiger partial charge in [-0.3, -0.25) is 4.79 Å². The van der Waals surface area contributed by atoms with E-state index in [0.717, 1.165) is 5.56 Å². The van der Waals surface area contributed by atoms with Crippen molar-refractivity contribution in [2.24, 2.45) is 0 Å². The van der Waals surface area contributed by atoms with Crippen molar-refractivity contribution < 1.29 is 19.3 Å². The molecule has 0 fully saturated rings. The number of aromatic nitrogens is 1. The van der Waals surface area contributed by atoms with Crippen LogP contribution in [-0.4, -0.2) is 24.3 Å². The topological polar surface area (TPSA) is 80.8 Å². The van der Waals surface area contributed by atoms with Crippen LogP contribution in [0.15, 0.2) is 59.4 Å². The maximum atomic E-state index is 13.1. The van der Waals surface area contributed by atoms with Crippen LogP contribution >= 0.6 is 0 Å². The van der Waals surface area contributed by atoms with E-state index in [1.54, 1.807) is 18.2 Å². The van der Waals surface area contributed by atoms with Crippen LogP contribution in [0.1, 0.15) is 5.56 Å². The van der Waals surface area contributed by atoms with E-state index in [0.29, 0.717) is 29.0 Å². The van der Waals surface area contributed by atoms with Gasteiger partial charge in [0.1, 0.15) is 23.6 Å². The molecule has 3 aromatic carbocycles. The Bertz CT molecular complexity index is 1210. The maximum Gasteiger partial charge on any atom is 0.201 e. The number of nitrogens with one attached hydrogen (secondary N) is 1. The van der Waals surface area contributed by atoms with Crippen LogP contribution in [0, 0.1) is 0 Å². The molecule has 6 heteroatoms. The average molecular weight is 377 g/mol. The molecule has 0 radical (unpaired) electrons. The molecule has 0 amide bonds. The van der Waals surface area contributed by atoms with Crippen LogP contribution in [0.2, 0.25) is 0 Å². The Hall–Kier alpha value is -3.67. The van der Waals surface area contributed by atoms with Crippen LogP contribution in [0.4, 0.5) is 0 Å². The van der Waals surface area contributed by atoms with E-state index < -0.39 is 0 Å². The van der Waals surface area contributed by atoms with Gasteiger partial charge in [0.25, 0.3) is 0 Å². The van der Waals surface area contributed by atoms with E-state index in [-0.39, 0.29) is 27.8 Å². The molecule has 0 atom stereocenters. The Morgan fingerprint density at radius 1 is 0.893 bits per heavy atom. The average Bonchev–Trinajstić information content (AvgIpc) is 2.74. The number of phenols is 1. The van der Waals surface area contributed by atoms with Gasteiger partial charge < -0.3 is 24.3 Å². The van der Waals surface area contributed by atoms with Crippen molar-refractivity contribution in [1.82, 2.24) is 4.98 Å². The first-order valence-corrected chi connectivity index (χ1v) is 8.73. The summed E-state index contributed by atoms with van der Waals surface area (Å²) in [5, 5.41) is 11.3. The summed E-state index contributed by atoms with van der Waals surface area (Å²) in [6, 6.07) is 16.5. The molecule has 0 unspecified atom stereocenters. The molecule has 1 aromatic heterocycles. The van der Waals surface area contributed by atoms with E-state index in [9.17, 15) is 9.90 Å². The Morgan fingerprint density at radius 2 is 1.64 bits per heavy atom. The van der Waals surface area contributed by atoms with Gasteiger partial charge in [-0.25, -0.2) is 0 Å². The van der Waals surface area contributed by atoms with E-state index in [1.165, 1.54) is 20.3 Å². The molecule has 6 nitrogen and oxygen atoms in total. The number of hydrogen-bond donors (Lipinski definition) is 2. The number of fused-ring (bicyclic) bond motifs is 2. The molecular weight excluding hydrogens is 358 g/mol. The summed E-state index contributed by atoms with van der Waals surface area (Å²) in [6.07, 6.45) is 0. The second kappa shape index (κ2) is 7.15. The van der Waals surface area contributed by atoms with Crippen molar-refractivity contribution >= 4 is 21.8 Å². The van der Waals surface area contributed by atoms with Gasteiger partial charge in [0.15, 0.2) is 11.5 Å². The predicted molar refractivity (Wildman–Crippen MR) is 108 cm³/mol. The van der Waals surface area contributed by atoms with E-state index >= 15 is 0 Å². The number of ether oxygens (including phenoxy) is 3. The zero-order valence-electron chi connectivity index (χ0n) is 15.5. The molecule has 0 saturated heterocycles. The fourth-order valence-corrected chi connectivity index (χ4v) is 3.25. The van der Waals surface area contributed by atoms with Crippen LogP contribution < -0.4 is 19.6 Å². The van der Waals surface area contributed by atoms with Crippen molar-refractivity contribution in [2.75, 3.05) is 14.2 Å². The Balaban J connectivity index is 1.93. The smallest absolute Gasteiger partial charge is 0.201 e. The molecule has 0 aliphatic carbocycles. The maximum absolute atomic E-state index is 13.1. The zero-order valence-corrected chi connectivity index (χ0v) is 15.5. The largest absolute Gasteiger partial charge is 0.503 e. The molecule has 0 aliphatic rings. The molecule has 0 bridgehead atoms. The predicted octanol–water partition coefficient (Wildman–Crippen LogP) is 3.98. The fourth-order valence-electron chi connectivity index (χ4n) is 3.25. The third-order valence-corrected chi connectivity index (χ3v) is 4.65. The van der Waals surface area contributed by atoms with Gasteiger partial charge >= 0.3 is 0 Å². The van der Waals surface area contributed by atoms with Crippen molar-refractivity contribution in [2.45, 2.75) is 6.61 Å². The monoisotopic (exact) mass is 377 g/mol. The number of aromatic amines is 1. The number of benzene rings is 3. The van der Waals surface area contributed by atoms with E-state index in [4.69, 9.17) is 14.2 Å². The summed E-state index contributed by atoms with van der Waals surface area (Å²) in [6.45, 7) is 0.355. The molecule has 0 aliphatic heterocycles. The number of phenolic OH excluding ortho intramolecular Hbond substituents is 1. The lowest BCUT2D eigenvalue weighted by Gasteiger charge is -2.14. The molecule has 28 heavy (non-hydrogen) atoms. The first kappa shape index (κ1) is 17.7. The third-order valence-electron chi connectivity index (χ3n) is 4.65. The van der Waals surface area contributed by atoms with Crippen molar-refractivity contribution in [1.29, 1.82) is 0 Å². The summed E-state index contributed by atoms with van der Waals surface area (Å²) in [7, 11) is 2.90. The summed E-state index contributed by atoms with van der Waals surface area (Å²) in [5.41, 5.74) is 1.49. The lowest BCUT2D eigenvalue weighted by molar-refractivity contribution is 0.309. The summed E-state index contributed by atoms with van der Waals surface area (Å²) in [5.74, 6) is 0.891. The fraction of sp³-hybridized carbons (Fsp3) is 0.136. The molecule has 2 N–H and O–H groups in total. The number of pyridine rings is 1. The van der Waals surface area contributed by atoms with Crippen molar-refractivity contribution in [3.63, 3.8) is 0 Å². The lowest BCUT2D eigenvalue weighted by Crippen LogP contribution is -2.08. The molecule has 142 valence electrons. The summed E-state index contributed by atoms with van der Waals surface area (Å²) >= 11 is 0. The van der Waals surface area contributed by atoms with E-state index in [2.05, 4.69) is 4.98 Å². The SMILES string of the molecule is COc1cc(OC)c2c(=O)c3cccc(OCc4ccccc4)c3[nH]c2c1O. The first-order valence-electron chi connectivity index (χ1n) is 8.73. The molecule has 1 heterocycles. The van der Waals surface area contributed by atoms with E-state index in [1.807, 2.05) is 30.3 Å². The van der Waals surface area contributed by atoms with Gasteiger partial charge in [0.2, 0.25) is 5.43 Å². The minimum Gasteiger partial charge on any atom is -0.503 e. The van der Waals surface area contributed by atoms with Gasteiger partial charge in [-0.1, -0.05) is 36.4 Å². The highest BCUT2D eigenvalue weighted by Gasteiger charge is 2.19. The number of hydrogen-bond acceptors (Lipinski definition) is 5. The minimum atomic E-state index is -0.260. The van der Waals surface area contributed by atoms with Gasteiger partial charge in [0, 0.05) is 6.07 Å². The first-order chi connectivity index (χ1) is 13.6. The lowest BCUT2D eigenvalue weighted by atomic mass is 10.1. The zero-order chi connectivity index (χ0) is 19.7. The molecule has 0 spiro atoms. The molecular formula is C22H19NO5. The second-order valence-corrected chi connectivity index (χ2v) is 6.29. The van der Waals surface area contributed by atoms with Crippen LogP contribution in [-0.2, 0) is 6.61 Å².